The van der Waals surface area contributed by atoms with E-state index in [4.69, 9.17) is 4.42 Å². The topological polar surface area (TPSA) is 28.4 Å². The van der Waals surface area contributed by atoms with Crippen molar-refractivity contribution in [3.05, 3.63) is 21.0 Å². The zero-order valence-electron chi connectivity index (χ0n) is 10.7. The average Bonchev–Trinajstić information content (AvgIpc) is 2.67. The molecule has 102 valence electrons. The molecular formula is C13H20Br2N2O. The number of nitrogens with one attached hydrogen (secondary N) is 1. The summed E-state index contributed by atoms with van der Waals surface area (Å²) in [6.45, 7) is 4.43. The maximum Gasteiger partial charge on any atom is 0.183 e. The van der Waals surface area contributed by atoms with E-state index < -0.39 is 0 Å². The summed E-state index contributed by atoms with van der Waals surface area (Å²) in [6.07, 6.45) is 3.93. The van der Waals surface area contributed by atoms with Gasteiger partial charge in [-0.15, -0.1) is 0 Å². The first-order chi connectivity index (χ1) is 8.69. The fourth-order valence-electron chi connectivity index (χ4n) is 2.47. The Labute approximate surface area is 126 Å². The summed E-state index contributed by atoms with van der Waals surface area (Å²) in [4.78, 5) is 2.48. The third-order valence-electron chi connectivity index (χ3n) is 3.59. The number of hydrogen-bond acceptors (Lipinski definition) is 3. The number of likely N-dealkylation sites (tertiary alicyclic amines) is 1. The first-order valence-corrected chi connectivity index (χ1v) is 8.08. The molecule has 1 aromatic heterocycles. The van der Waals surface area contributed by atoms with Crippen LogP contribution in [-0.2, 0) is 6.54 Å². The fraction of sp³-hybridized carbons (Fsp3) is 0.692. The van der Waals surface area contributed by atoms with Crippen LogP contribution >= 0.6 is 31.9 Å². The molecule has 0 aliphatic carbocycles. The molecule has 0 saturated carbocycles. The lowest BCUT2D eigenvalue weighted by atomic mass is 9.93. The largest absolute Gasteiger partial charge is 0.452 e. The van der Waals surface area contributed by atoms with Gasteiger partial charge in [0, 0.05) is 0 Å². The Balaban J connectivity index is 1.76. The van der Waals surface area contributed by atoms with Crippen LogP contribution in [0.15, 0.2) is 19.6 Å². The van der Waals surface area contributed by atoms with Crippen LogP contribution in [0, 0.1) is 5.92 Å². The molecule has 0 atom stereocenters. The van der Waals surface area contributed by atoms with Crippen LogP contribution in [0.4, 0.5) is 0 Å². The Kier molecular flexibility index (Phi) is 5.73. The molecule has 1 fully saturated rings. The van der Waals surface area contributed by atoms with E-state index in [1.807, 2.05) is 7.05 Å². The lowest BCUT2D eigenvalue weighted by molar-refractivity contribution is 0.161. The molecule has 0 radical (unpaired) electrons. The van der Waals surface area contributed by atoms with Crippen LogP contribution in [0.25, 0.3) is 0 Å². The van der Waals surface area contributed by atoms with E-state index in [-0.39, 0.29) is 0 Å². The first kappa shape index (κ1) is 14.6. The van der Waals surface area contributed by atoms with Crippen molar-refractivity contribution < 1.29 is 4.42 Å². The summed E-state index contributed by atoms with van der Waals surface area (Å²) in [5.74, 6) is 1.92. The average molecular weight is 380 g/mol. The van der Waals surface area contributed by atoms with Crippen LogP contribution in [0.1, 0.15) is 25.0 Å². The summed E-state index contributed by atoms with van der Waals surface area (Å²) >= 11 is 6.83. The van der Waals surface area contributed by atoms with Gasteiger partial charge in [-0.05, 0) is 89.8 Å². The van der Waals surface area contributed by atoms with Crippen LogP contribution in [0.5, 0.6) is 0 Å². The molecule has 3 nitrogen and oxygen atoms in total. The minimum Gasteiger partial charge on any atom is -0.452 e. The van der Waals surface area contributed by atoms with Crippen molar-refractivity contribution in [2.24, 2.45) is 5.92 Å². The van der Waals surface area contributed by atoms with Crippen LogP contribution in [-0.4, -0.2) is 31.6 Å². The molecule has 0 bridgehead atoms. The van der Waals surface area contributed by atoms with E-state index in [0.717, 1.165) is 33.9 Å². The van der Waals surface area contributed by atoms with E-state index in [1.165, 1.54) is 32.4 Å². The molecule has 1 N–H and O–H groups in total. The number of hydrogen-bond donors (Lipinski definition) is 1. The molecule has 1 aromatic rings. The van der Waals surface area contributed by atoms with Gasteiger partial charge in [0.25, 0.3) is 0 Å². The van der Waals surface area contributed by atoms with Gasteiger partial charge >= 0.3 is 0 Å². The maximum atomic E-state index is 5.63. The Morgan fingerprint density at radius 3 is 2.67 bits per heavy atom. The number of piperidine rings is 1. The fourth-order valence-corrected chi connectivity index (χ4v) is 3.13. The minimum absolute atomic E-state index is 0.793. The van der Waals surface area contributed by atoms with E-state index >= 15 is 0 Å². The van der Waals surface area contributed by atoms with Crippen molar-refractivity contribution in [1.29, 1.82) is 0 Å². The van der Waals surface area contributed by atoms with Crippen molar-refractivity contribution in [2.75, 3.05) is 26.7 Å². The molecule has 1 aliphatic rings. The minimum atomic E-state index is 0.793. The second kappa shape index (κ2) is 7.08. The SMILES string of the molecule is CNCCC1CCN(Cc2cc(Br)c(Br)o2)CC1. The smallest absolute Gasteiger partial charge is 0.183 e. The molecule has 0 unspecified atom stereocenters. The molecule has 0 spiro atoms. The lowest BCUT2D eigenvalue weighted by Gasteiger charge is -2.31. The molecule has 2 rings (SSSR count). The predicted octanol–water partition coefficient (Wildman–Crippen LogP) is 3.63. The lowest BCUT2D eigenvalue weighted by Crippen LogP contribution is -2.33. The van der Waals surface area contributed by atoms with Crippen molar-refractivity contribution in [3.8, 4) is 0 Å². The Hall–Kier alpha value is 0.160. The molecule has 0 aromatic carbocycles. The molecular weight excluding hydrogens is 360 g/mol. The quantitative estimate of drug-likeness (QED) is 0.846. The number of nitrogens with zero attached hydrogens (tertiary/aromatic N) is 1. The molecule has 1 aliphatic heterocycles. The van der Waals surface area contributed by atoms with Gasteiger partial charge in [0.1, 0.15) is 5.76 Å². The Morgan fingerprint density at radius 2 is 2.11 bits per heavy atom. The summed E-state index contributed by atoms with van der Waals surface area (Å²) < 4.78 is 7.42. The van der Waals surface area contributed by atoms with E-state index in [2.05, 4.69) is 48.1 Å². The number of rotatable bonds is 5. The highest BCUT2D eigenvalue weighted by molar-refractivity contribution is 9.13. The summed E-state index contributed by atoms with van der Waals surface area (Å²) in [5, 5.41) is 3.24. The van der Waals surface area contributed by atoms with Crippen LogP contribution < -0.4 is 5.32 Å². The normalized spacial score (nSPS) is 18.4. The standard InChI is InChI=1S/C13H20Br2N2O/c1-16-5-2-10-3-6-17(7-4-10)9-11-8-12(14)13(15)18-11/h8,10,16H,2-7,9H2,1H3. The van der Waals surface area contributed by atoms with Gasteiger partial charge in [-0.25, -0.2) is 0 Å². The molecule has 0 amide bonds. The zero-order valence-corrected chi connectivity index (χ0v) is 13.9. The number of furan rings is 1. The highest BCUT2D eigenvalue weighted by Gasteiger charge is 2.20. The second-order valence-electron chi connectivity index (χ2n) is 4.95. The van der Waals surface area contributed by atoms with Gasteiger partial charge in [-0.2, -0.15) is 0 Å². The molecule has 18 heavy (non-hydrogen) atoms. The highest BCUT2D eigenvalue weighted by Crippen LogP contribution is 2.28. The Bertz CT molecular complexity index is 354. The monoisotopic (exact) mass is 378 g/mol. The molecule has 1 saturated heterocycles. The summed E-state index contributed by atoms with van der Waals surface area (Å²) in [6, 6.07) is 2.05. The summed E-state index contributed by atoms with van der Waals surface area (Å²) in [7, 11) is 2.03. The maximum absolute atomic E-state index is 5.63. The predicted molar refractivity (Wildman–Crippen MR) is 80.7 cm³/mol. The van der Waals surface area contributed by atoms with Gasteiger partial charge in [0.05, 0.1) is 11.0 Å². The summed E-state index contributed by atoms with van der Waals surface area (Å²) in [5.41, 5.74) is 0. The first-order valence-electron chi connectivity index (χ1n) is 6.49. The van der Waals surface area contributed by atoms with Crippen LogP contribution in [0.2, 0.25) is 0 Å². The van der Waals surface area contributed by atoms with Crippen molar-refractivity contribution in [3.63, 3.8) is 0 Å². The molecule has 2 heterocycles. The van der Waals surface area contributed by atoms with Gasteiger partial charge < -0.3 is 9.73 Å². The third kappa shape index (κ3) is 4.08. The van der Waals surface area contributed by atoms with Gasteiger partial charge in [-0.1, -0.05) is 0 Å². The molecule has 5 heteroatoms. The van der Waals surface area contributed by atoms with Gasteiger partial charge in [0.15, 0.2) is 4.67 Å². The van der Waals surface area contributed by atoms with E-state index in [1.54, 1.807) is 0 Å². The van der Waals surface area contributed by atoms with E-state index in [9.17, 15) is 0 Å². The van der Waals surface area contributed by atoms with Gasteiger partial charge in [-0.3, -0.25) is 4.90 Å². The van der Waals surface area contributed by atoms with Crippen LogP contribution in [0.3, 0.4) is 0 Å². The number of halogens is 2. The second-order valence-corrected chi connectivity index (χ2v) is 6.52. The highest BCUT2D eigenvalue weighted by atomic mass is 79.9. The van der Waals surface area contributed by atoms with E-state index in [0.29, 0.717) is 0 Å². The zero-order chi connectivity index (χ0) is 13.0. The van der Waals surface area contributed by atoms with Crippen molar-refractivity contribution >= 4 is 31.9 Å². The Morgan fingerprint density at radius 1 is 1.39 bits per heavy atom. The van der Waals surface area contributed by atoms with Crippen molar-refractivity contribution in [2.45, 2.75) is 25.8 Å². The van der Waals surface area contributed by atoms with Gasteiger partial charge in [0.2, 0.25) is 0 Å². The van der Waals surface area contributed by atoms with Crippen molar-refractivity contribution in [1.82, 2.24) is 10.2 Å². The third-order valence-corrected chi connectivity index (χ3v) is 5.30.